The molecular formula is C8H10FNO2S. The van der Waals surface area contributed by atoms with Crippen LogP contribution in [0.3, 0.4) is 0 Å². The Morgan fingerprint density at radius 1 is 1.31 bits per heavy atom. The molecule has 3 nitrogen and oxygen atoms in total. The van der Waals surface area contributed by atoms with Gasteiger partial charge in [0.25, 0.3) is 0 Å². The van der Waals surface area contributed by atoms with Crippen LogP contribution in [0.5, 0.6) is 0 Å². The van der Waals surface area contributed by atoms with Gasteiger partial charge in [0.2, 0.25) is 0 Å². The monoisotopic (exact) mass is 203 g/mol. The van der Waals surface area contributed by atoms with Gasteiger partial charge in [-0.05, 0) is 5.56 Å². The van der Waals surface area contributed by atoms with Crippen molar-refractivity contribution in [2.24, 2.45) is 0 Å². The van der Waals surface area contributed by atoms with Crippen LogP contribution in [0.15, 0.2) is 30.3 Å². The Bertz CT molecular complexity index is 363. The van der Waals surface area contributed by atoms with Crippen LogP contribution in [0, 0.1) is 0 Å². The van der Waals surface area contributed by atoms with Gasteiger partial charge in [-0.15, -0.1) is 0 Å². The summed E-state index contributed by atoms with van der Waals surface area (Å²) in [6.07, 6.45) is 0. The summed E-state index contributed by atoms with van der Waals surface area (Å²) in [6.45, 7) is 0.0552. The number of halogens is 1. The standard InChI is InChI=1S/C8H10FNO2S/c1-10(13(9,11)12)7-8-5-3-2-4-6-8/h2-6H,7H2,1H3. The quantitative estimate of drug-likeness (QED) is 0.695. The van der Waals surface area contributed by atoms with E-state index in [9.17, 15) is 12.3 Å². The zero-order valence-electron chi connectivity index (χ0n) is 7.14. The van der Waals surface area contributed by atoms with Gasteiger partial charge in [0.1, 0.15) is 0 Å². The molecule has 0 spiro atoms. The van der Waals surface area contributed by atoms with Gasteiger partial charge in [-0.1, -0.05) is 34.2 Å². The molecule has 0 aliphatic rings. The molecule has 0 heterocycles. The zero-order valence-corrected chi connectivity index (χ0v) is 7.96. The van der Waals surface area contributed by atoms with Gasteiger partial charge in [0.05, 0.1) is 0 Å². The van der Waals surface area contributed by atoms with Crippen molar-refractivity contribution in [1.82, 2.24) is 4.31 Å². The van der Waals surface area contributed by atoms with Crippen LogP contribution in [0.2, 0.25) is 0 Å². The summed E-state index contributed by atoms with van der Waals surface area (Å²) in [5.74, 6) is 0. The largest absolute Gasteiger partial charge is 0.374 e. The fourth-order valence-electron chi connectivity index (χ4n) is 0.918. The van der Waals surface area contributed by atoms with E-state index >= 15 is 0 Å². The zero-order chi connectivity index (χ0) is 9.90. The summed E-state index contributed by atoms with van der Waals surface area (Å²) in [5, 5.41) is 0. The van der Waals surface area contributed by atoms with Crippen molar-refractivity contribution in [2.45, 2.75) is 6.54 Å². The third-order valence-electron chi connectivity index (χ3n) is 1.62. The third kappa shape index (κ3) is 3.12. The minimum atomic E-state index is -4.57. The molecule has 0 aliphatic heterocycles. The van der Waals surface area contributed by atoms with Crippen molar-refractivity contribution in [3.63, 3.8) is 0 Å². The second-order valence-electron chi connectivity index (χ2n) is 2.68. The normalized spacial score (nSPS) is 11.9. The Morgan fingerprint density at radius 3 is 2.31 bits per heavy atom. The molecule has 0 N–H and O–H groups in total. The fraction of sp³-hybridized carbons (Fsp3) is 0.250. The molecule has 1 aromatic carbocycles. The van der Waals surface area contributed by atoms with E-state index in [1.165, 1.54) is 7.05 Å². The second-order valence-corrected chi connectivity index (χ2v) is 4.13. The number of hydrogen-bond acceptors (Lipinski definition) is 2. The van der Waals surface area contributed by atoms with Crippen molar-refractivity contribution >= 4 is 10.4 Å². The average molecular weight is 203 g/mol. The fourth-order valence-corrected chi connectivity index (χ4v) is 1.22. The van der Waals surface area contributed by atoms with Crippen molar-refractivity contribution in [3.05, 3.63) is 35.9 Å². The molecule has 0 radical (unpaired) electrons. The van der Waals surface area contributed by atoms with Gasteiger partial charge in [-0.25, -0.2) is 0 Å². The summed E-state index contributed by atoms with van der Waals surface area (Å²) in [6, 6.07) is 8.83. The van der Waals surface area contributed by atoms with Crippen molar-refractivity contribution in [2.75, 3.05) is 7.05 Å². The molecule has 0 fully saturated rings. The van der Waals surface area contributed by atoms with Crippen LogP contribution in [-0.2, 0) is 17.0 Å². The Balaban J connectivity index is 2.72. The van der Waals surface area contributed by atoms with Crippen molar-refractivity contribution in [3.8, 4) is 0 Å². The van der Waals surface area contributed by atoms with Gasteiger partial charge >= 0.3 is 10.4 Å². The third-order valence-corrected chi connectivity index (χ3v) is 2.49. The van der Waals surface area contributed by atoms with Gasteiger partial charge in [0, 0.05) is 13.6 Å². The molecule has 0 saturated carbocycles. The van der Waals surface area contributed by atoms with Gasteiger partial charge in [0.15, 0.2) is 0 Å². The van der Waals surface area contributed by atoms with Crippen LogP contribution in [0.1, 0.15) is 5.56 Å². The van der Waals surface area contributed by atoms with E-state index in [1.54, 1.807) is 24.3 Å². The molecule has 1 aromatic rings. The maximum Gasteiger partial charge on any atom is 0.374 e. The molecule has 0 aromatic heterocycles. The molecule has 0 unspecified atom stereocenters. The highest BCUT2D eigenvalue weighted by Gasteiger charge is 2.15. The predicted octanol–water partition coefficient (Wildman–Crippen LogP) is 1.33. The summed E-state index contributed by atoms with van der Waals surface area (Å²) in [5.41, 5.74) is 0.756. The van der Waals surface area contributed by atoms with E-state index < -0.39 is 10.4 Å². The van der Waals surface area contributed by atoms with Crippen LogP contribution in [0.4, 0.5) is 3.89 Å². The number of rotatable bonds is 3. The highest BCUT2D eigenvalue weighted by molar-refractivity contribution is 7.83. The lowest BCUT2D eigenvalue weighted by Crippen LogP contribution is -2.22. The predicted molar refractivity (Wildman–Crippen MR) is 47.9 cm³/mol. The average Bonchev–Trinajstić information content (AvgIpc) is 2.04. The van der Waals surface area contributed by atoms with Crippen molar-refractivity contribution in [1.29, 1.82) is 0 Å². The molecule has 0 amide bonds. The van der Waals surface area contributed by atoms with Gasteiger partial charge in [-0.3, -0.25) is 0 Å². The highest BCUT2D eigenvalue weighted by Crippen LogP contribution is 2.07. The van der Waals surface area contributed by atoms with E-state index in [1.807, 2.05) is 6.07 Å². The molecule has 0 bridgehead atoms. The maximum absolute atomic E-state index is 12.4. The summed E-state index contributed by atoms with van der Waals surface area (Å²) in [4.78, 5) is 0. The lowest BCUT2D eigenvalue weighted by molar-refractivity contribution is 0.429. The van der Waals surface area contributed by atoms with E-state index in [0.29, 0.717) is 4.31 Å². The lowest BCUT2D eigenvalue weighted by Gasteiger charge is -2.10. The van der Waals surface area contributed by atoms with E-state index in [0.717, 1.165) is 5.56 Å². The minimum absolute atomic E-state index is 0.0552. The van der Waals surface area contributed by atoms with E-state index in [-0.39, 0.29) is 6.54 Å². The molecule has 0 saturated heterocycles. The van der Waals surface area contributed by atoms with Crippen LogP contribution < -0.4 is 0 Å². The first-order valence-corrected chi connectivity index (χ1v) is 5.04. The highest BCUT2D eigenvalue weighted by atomic mass is 32.3. The summed E-state index contributed by atoms with van der Waals surface area (Å²) < 4.78 is 33.8. The first-order chi connectivity index (χ1) is 6.00. The molecule has 72 valence electrons. The van der Waals surface area contributed by atoms with E-state index in [4.69, 9.17) is 0 Å². The first kappa shape index (κ1) is 10.1. The number of benzene rings is 1. The van der Waals surface area contributed by atoms with Crippen LogP contribution in [0.25, 0.3) is 0 Å². The molecule has 13 heavy (non-hydrogen) atoms. The lowest BCUT2D eigenvalue weighted by atomic mass is 10.2. The number of hydrogen-bond donors (Lipinski definition) is 0. The first-order valence-electron chi connectivity index (χ1n) is 3.70. The summed E-state index contributed by atoms with van der Waals surface area (Å²) >= 11 is 0. The molecule has 0 atom stereocenters. The number of nitrogens with zero attached hydrogens (tertiary/aromatic N) is 1. The Morgan fingerprint density at radius 2 is 1.85 bits per heavy atom. The minimum Gasteiger partial charge on any atom is -0.177 e. The second kappa shape index (κ2) is 3.85. The van der Waals surface area contributed by atoms with Gasteiger partial charge in [-0.2, -0.15) is 12.7 Å². The van der Waals surface area contributed by atoms with Crippen LogP contribution in [-0.4, -0.2) is 19.8 Å². The molecule has 0 aliphatic carbocycles. The van der Waals surface area contributed by atoms with Crippen molar-refractivity contribution < 1.29 is 12.3 Å². The molecular weight excluding hydrogens is 193 g/mol. The van der Waals surface area contributed by atoms with E-state index in [2.05, 4.69) is 0 Å². The molecule has 5 heteroatoms. The summed E-state index contributed by atoms with van der Waals surface area (Å²) in [7, 11) is -3.37. The topological polar surface area (TPSA) is 37.4 Å². The van der Waals surface area contributed by atoms with Crippen LogP contribution >= 0.6 is 0 Å². The Kier molecular flexibility index (Phi) is 3.00. The smallest absolute Gasteiger partial charge is 0.177 e. The SMILES string of the molecule is CN(Cc1ccccc1)S(=O)(=O)F. The Hall–Kier alpha value is -0.940. The maximum atomic E-state index is 12.4. The molecule has 1 rings (SSSR count). The Labute approximate surface area is 77.1 Å². The van der Waals surface area contributed by atoms with Gasteiger partial charge < -0.3 is 0 Å².